The van der Waals surface area contributed by atoms with Crippen molar-refractivity contribution in [3.05, 3.63) is 30.3 Å². The van der Waals surface area contributed by atoms with Crippen LogP contribution < -0.4 is 4.74 Å². The molecule has 0 bridgehead atoms. The highest BCUT2D eigenvalue weighted by Crippen LogP contribution is 2.09. The summed E-state index contributed by atoms with van der Waals surface area (Å²) in [6.07, 6.45) is 1.46. The van der Waals surface area contributed by atoms with E-state index in [4.69, 9.17) is 9.47 Å². The van der Waals surface area contributed by atoms with E-state index in [1.54, 1.807) is 7.11 Å². The zero-order valence-corrected chi connectivity index (χ0v) is 13.4. The van der Waals surface area contributed by atoms with Gasteiger partial charge in [-0.25, -0.2) is 0 Å². The maximum Gasteiger partial charge on any atom is 0.226 e. The highest BCUT2D eigenvalue weighted by atomic mass is 16.5. The topological polar surface area (TPSA) is 42.0 Å². The molecule has 0 aromatic heterocycles. The summed E-state index contributed by atoms with van der Waals surface area (Å²) in [5.41, 5.74) is 0. The molecule has 1 aromatic rings. The molecule has 1 aliphatic rings. The number of hydrogen-bond acceptors (Lipinski definition) is 4. The lowest BCUT2D eigenvalue weighted by Crippen LogP contribution is -2.36. The van der Waals surface area contributed by atoms with Crippen molar-refractivity contribution in [2.75, 3.05) is 53.0 Å². The van der Waals surface area contributed by atoms with Crippen LogP contribution >= 0.6 is 0 Å². The molecular formula is C17H26N2O3. The summed E-state index contributed by atoms with van der Waals surface area (Å²) in [5.74, 6) is 1.00. The molecule has 0 spiro atoms. The Morgan fingerprint density at radius 1 is 1.09 bits per heavy atom. The average molecular weight is 306 g/mol. The summed E-state index contributed by atoms with van der Waals surface area (Å²) < 4.78 is 10.7. The van der Waals surface area contributed by atoms with Gasteiger partial charge in [0, 0.05) is 33.3 Å². The Balaban J connectivity index is 1.69. The van der Waals surface area contributed by atoms with E-state index in [1.807, 2.05) is 35.2 Å². The van der Waals surface area contributed by atoms with Gasteiger partial charge in [-0.2, -0.15) is 0 Å². The van der Waals surface area contributed by atoms with Gasteiger partial charge in [-0.1, -0.05) is 18.2 Å². The molecule has 0 unspecified atom stereocenters. The fourth-order valence-corrected chi connectivity index (χ4v) is 2.60. The fourth-order valence-electron chi connectivity index (χ4n) is 2.60. The van der Waals surface area contributed by atoms with Crippen LogP contribution in [0.25, 0.3) is 0 Å². The lowest BCUT2D eigenvalue weighted by atomic mass is 10.3. The molecule has 0 radical (unpaired) electrons. The Morgan fingerprint density at radius 2 is 1.91 bits per heavy atom. The van der Waals surface area contributed by atoms with Crippen LogP contribution in [0.4, 0.5) is 0 Å². The minimum Gasteiger partial charge on any atom is -0.493 e. The molecule has 1 aliphatic heterocycles. The normalized spacial score (nSPS) is 16.3. The number of rotatable bonds is 7. The quantitative estimate of drug-likeness (QED) is 0.768. The number of nitrogens with zero attached hydrogens (tertiary/aromatic N) is 2. The summed E-state index contributed by atoms with van der Waals surface area (Å²) in [4.78, 5) is 16.6. The first kappa shape index (κ1) is 16.8. The molecule has 1 heterocycles. The third-order valence-corrected chi connectivity index (χ3v) is 3.88. The number of carbonyl (C=O) groups excluding carboxylic acids is 1. The monoisotopic (exact) mass is 306 g/mol. The standard InChI is InChI=1S/C17H26N2O3/c1-21-15-13-18-9-5-10-19(12-11-18)17(20)8-14-22-16-6-3-2-4-7-16/h2-4,6-7H,5,8-15H2,1H3. The lowest BCUT2D eigenvalue weighted by Gasteiger charge is -2.22. The van der Waals surface area contributed by atoms with Crippen LogP contribution in [0, 0.1) is 0 Å². The smallest absolute Gasteiger partial charge is 0.226 e. The van der Waals surface area contributed by atoms with E-state index in [9.17, 15) is 4.79 Å². The third-order valence-electron chi connectivity index (χ3n) is 3.88. The number of hydrogen-bond donors (Lipinski definition) is 0. The maximum atomic E-state index is 12.3. The number of amides is 1. The second-order valence-electron chi connectivity index (χ2n) is 5.48. The van der Waals surface area contributed by atoms with E-state index < -0.39 is 0 Å². The van der Waals surface area contributed by atoms with Crippen LogP contribution in [-0.4, -0.2) is 68.8 Å². The van der Waals surface area contributed by atoms with Crippen molar-refractivity contribution < 1.29 is 14.3 Å². The Morgan fingerprint density at radius 3 is 2.68 bits per heavy atom. The van der Waals surface area contributed by atoms with Crippen LogP contribution in [0.1, 0.15) is 12.8 Å². The number of carbonyl (C=O) groups is 1. The highest BCUT2D eigenvalue weighted by molar-refractivity contribution is 5.76. The van der Waals surface area contributed by atoms with Crippen LogP contribution in [0.2, 0.25) is 0 Å². The van der Waals surface area contributed by atoms with Gasteiger partial charge in [-0.15, -0.1) is 0 Å². The molecule has 22 heavy (non-hydrogen) atoms. The minimum absolute atomic E-state index is 0.185. The van der Waals surface area contributed by atoms with Crippen molar-refractivity contribution >= 4 is 5.91 Å². The van der Waals surface area contributed by atoms with Crippen molar-refractivity contribution in [1.82, 2.24) is 9.80 Å². The van der Waals surface area contributed by atoms with Crippen molar-refractivity contribution in [2.24, 2.45) is 0 Å². The summed E-state index contributed by atoms with van der Waals surface area (Å²) in [6.45, 7) is 5.73. The van der Waals surface area contributed by atoms with Crippen molar-refractivity contribution in [3.8, 4) is 5.75 Å². The molecule has 0 N–H and O–H groups in total. The second kappa shape index (κ2) is 9.43. The van der Waals surface area contributed by atoms with Crippen LogP contribution in [0.15, 0.2) is 30.3 Å². The molecule has 0 saturated carbocycles. The van der Waals surface area contributed by atoms with E-state index in [2.05, 4.69) is 4.90 Å². The van der Waals surface area contributed by atoms with E-state index >= 15 is 0 Å². The van der Waals surface area contributed by atoms with E-state index in [-0.39, 0.29) is 5.91 Å². The largest absolute Gasteiger partial charge is 0.493 e. The first-order chi connectivity index (χ1) is 10.8. The van der Waals surface area contributed by atoms with Crippen LogP contribution in [0.5, 0.6) is 5.75 Å². The Bertz CT molecular complexity index is 439. The molecule has 1 fully saturated rings. The lowest BCUT2D eigenvalue weighted by molar-refractivity contribution is -0.131. The van der Waals surface area contributed by atoms with Gasteiger partial charge in [0.25, 0.3) is 0 Å². The van der Waals surface area contributed by atoms with Gasteiger partial charge in [0.15, 0.2) is 0 Å². The van der Waals surface area contributed by atoms with Gasteiger partial charge < -0.3 is 14.4 Å². The number of para-hydroxylation sites is 1. The van der Waals surface area contributed by atoms with Crippen LogP contribution in [0.3, 0.4) is 0 Å². The summed E-state index contributed by atoms with van der Waals surface area (Å²) in [6, 6.07) is 9.62. The Kier molecular flexibility index (Phi) is 7.19. The fraction of sp³-hybridized carbons (Fsp3) is 0.588. The predicted octanol–water partition coefficient (Wildman–Crippen LogP) is 1.64. The molecule has 1 amide bonds. The van der Waals surface area contributed by atoms with Gasteiger partial charge in [0.05, 0.1) is 19.6 Å². The van der Waals surface area contributed by atoms with E-state index in [1.165, 1.54) is 0 Å². The first-order valence-electron chi connectivity index (χ1n) is 7.96. The summed E-state index contributed by atoms with van der Waals surface area (Å²) >= 11 is 0. The molecular weight excluding hydrogens is 280 g/mol. The molecule has 2 rings (SSSR count). The van der Waals surface area contributed by atoms with Gasteiger partial charge in [0.2, 0.25) is 5.91 Å². The van der Waals surface area contributed by atoms with Crippen molar-refractivity contribution in [1.29, 1.82) is 0 Å². The zero-order valence-electron chi connectivity index (χ0n) is 13.4. The molecule has 122 valence electrons. The molecule has 5 nitrogen and oxygen atoms in total. The summed E-state index contributed by atoms with van der Waals surface area (Å²) in [7, 11) is 1.72. The Labute approximate surface area is 132 Å². The maximum absolute atomic E-state index is 12.3. The Hall–Kier alpha value is -1.59. The second-order valence-corrected chi connectivity index (χ2v) is 5.48. The highest BCUT2D eigenvalue weighted by Gasteiger charge is 2.18. The molecule has 0 aliphatic carbocycles. The zero-order chi connectivity index (χ0) is 15.6. The molecule has 1 aromatic carbocycles. The summed E-state index contributed by atoms with van der Waals surface area (Å²) in [5, 5.41) is 0. The average Bonchev–Trinajstić information content (AvgIpc) is 2.79. The van der Waals surface area contributed by atoms with Crippen LogP contribution in [-0.2, 0) is 9.53 Å². The third kappa shape index (κ3) is 5.66. The SMILES string of the molecule is COCCN1CCCN(C(=O)CCOc2ccccc2)CC1. The molecule has 1 saturated heterocycles. The minimum atomic E-state index is 0.185. The van der Waals surface area contributed by atoms with Crippen molar-refractivity contribution in [2.45, 2.75) is 12.8 Å². The molecule has 5 heteroatoms. The molecule has 0 atom stereocenters. The van der Waals surface area contributed by atoms with Gasteiger partial charge in [-0.05, 0) is 25.1 Å². The van der Waals surface area contributed by atoms with Gasteiger partial charge >= 0.3 is 0 Å². The van der Waals surface area contributed by atoms with E-state index in [0.717, 1.165) is 51.5 Å². The predicted molar refractivity (Wildman–Crippen MR) is 86.1 cm³/mol. The van der Waals surface area contributed by atoms with Gasteiger partial charge in [-0.3, -0.25) is 9.69 Å². The number of benzene rings is 1. The van der Waals surface area contributed by atoms with E-state index in [0.29, 0.717) is 13.0 Å². The first-order valence-corrected chi connectivity index (χ1v) is 7.96. The number of methoxy groups -OCH3 is 1. The number of ether oxygens (including phenoxy) is 2. The van der Waals surface area contributed by atoms with Crippen molar-refractivity contribution in [3.63, 3.8) is 0 Å². The van der Waals surface area contributed by atoms with Gasteiger partial charge in [0.1, 0.15) is 5.75 Å².